The second-order valence-corrected chi connectivity index (χ2v) is 7.76. The molecule has 0 aliphatic carbocycles. The first-order valence-electron chi connectivity index (χ1n) is 9.97. The molecular weight excluding hydrogens is 424 g/mol. The highest BCUT2D eigenvalue weighted by molar-refractivity contribution is 7.80. The van der Waals surface area contributed by atoms with Gasteiger partial charge in [0, 0.05) is 12.2 Å². The molecule has 6 N–H and O–H groups in total. The van der Waals surface area contributed by atoms with Crippen LogP contribution in [0.4, 0.5) is 0 Å². The molecule has 1 heterocycles. The van der Waals surface area contributed by atoms with Crippen molar-refractivity contribution in [1.82, 2.24) is 21.3 Å². The average molecular weight is 453 g/mol. The van der Waals surface area contributed by atoms with E-state index in [-0.39, 0.29) is 29.9 Å². The van der Waals surface area contributed by atoms with E-state index < -0.39 is 35.9 Å². The van der Waals surface area contributed by atoms with E-state index in [0.29, 0.717) is 12.0 Å². The molecule has 10 nitrogen and oxygen atoms in total. The molecule has 0 bridgehead atoms. The van der Waals surface area contributed by atoms with E-state index in [9.17, 15) is 24.3 Å². The minimum Gasteiger partial charge on any atom is -0.508 e. The summed E-state index contributed by atoms with van der Waals surface area (Å²) < 4.78 is 0. The van der Waals surface area contributed by atoms with Crippen LogP contribution in [0, 0.1) is 0 Å². The van der Waals surface area contributed by atoms with Crippen molar-refractivity contribution in [2.75, 3.05) is 12.3 Å². The van der Waals surface area contributed by atoms with Gasteiger partial charge < -0.3 is 31.5 Å². The smallest absolute Gasteiger partial charge is 0.327 e. The number of hydrogen-bond acceptors (Lipinski definition) is 7. The Morgan fingerprint density at radius 3 is 2.32 bits per heavy atom. The molecule has 2 rings (SSSR count). The largest absolute Gasteiger partial charge is 0.508 e. The van der Waals surface area contributed by atoms with E-state index in [1.807, 2.05) is 0 Å². The number of phenols is 1. The molecule has 1 aliphatic rings. The molecule has 1 aromatic carbocycles. The van der Waals surface area contributed by atoms with Gasteiger partial charge in [0.2, 0.25) is 17.7 Å². The molecule has 0 aromatic heterocycles. The normalized spacial score (nSPS) is 18.5. The Labute approximate surface area is 185 Å². The Morgan fingerprint density at radius 1 is 1.10 bits per heavy atom. The van der Waals surface area contributed by atoms with Gasteiger partial charge in [0.1, 0.15) is 23.9 Å². The van der Waals surface area contributed by atoms with Gasteiger partial charge in [-0.25, -0.2) is 4.79 Å². The number of aliphatic carboxylic acids is 1. The number of nitrogens with one attached hydrogen (secondary N) is 4. The molecule has 31 heavy (non-hydrogen) atoms. The molecule has 3 amide bonds. The number of carboxylic acids is 1. The Kier molecular flexibility index (Phi) is 9.13. The van der Waals surface area contributed by atoms with E-state index in [4.69, 9.17) is 5.11 Å². The van der Waals surface area contributed by atoms with Crippen LogP contribution in [0.25, 0.3) is 0 Å². The number of hydrogen-bond donors (Lipinski definition) is 7. The molecule has 0 radical (unpaired) electrons. The zero-order chi connectivity index (χ0) is 23.0. The van der Waals surface area contributed by atoms with Crippen LogP contribution in [0.3, 0.4) is 0 Å². The first-order chi connectivity index (χ1) is 14.7. The third kappa shape index (κ3) is 7.44. The number of benzene rings is 1. The lowest BCUT2D eigenvalue weighted by Crippen LogP contribution is -2.57. The lowest BCUT2D eigenvalue weighted by molar-refractivity contribution is -0.141. The van der Waals surface area contributed by atoms with E-state index in [2.05, 4.69) is 33.9 Å². The minimum absolute atomic E-state index is 0.0754. The summed E-state index contributed by atoms with van der Waals surface area (Å²) in [7, 11) is 0. The zero-order valence-electron chi connectivity index (χ0n) is 17.1. The van der Waals surface area contributed by atoms with Crippen molar-refractivity contribution < 1.29 is 29.4 Å². The van der Waals surface area contributed by atoms with Gasteiger partial charge in [-0.1, -0.05) is 12.1 Å². The second kappa shape index (κ2) is 11.6. The van der Waals surface area contributed by atoms with Gasteiger partial charge in [0.05, 0.1) is 6.04 Å². The summed E-state index contributed by atoms with van der Waals surface area (Å²) in [5, 5.41) is 29.1. The number of carbonyl (C=O) groups is 4. The Balaban J connectivity index is 2.06. The van der Waals surface area contributed by atoms with E-state index in [1.165, 1.54) is 19.1 Å². The predicted octanol–water partition coefficient (Wildman–Crippen LogP) is -0.825. The number of thiol groups is 1. The van der Waals surface area contributed by atoms with Crippen LogP contribution >= 0.6 is 12.6 Å². The highest BCUT2D eigenvalue weighted by Crippen LogP contribution is 2.12. The summed E-state index contributed by atoms with van der Waals surface area (Å²) in [6.45, 7) is 2.14. The van der Waals surface area contributed by atoms with Crippen LogP contribution in [0.15, 0.2) is 24.3 Å². The van der Waals surface area contributed by atoms with Crippen molar-refractivity contribution in [3.63, 3.8) is 0 Å². The SMILES string of the molecule is CC(NC(=O)C(Cc1ccc(O)cc1)NC(=O)C1CCCN1)C(=O)NC(CS)C(=O)O. The second-order valence-electron chi connectivity index (χ2n) is 7.39. The molecule has 1 fully saturated rings. The molecule has 1 saturated heterocycles. The lowest BCUT2D eigenvalue weighted by atomic mass is 10.0. The van der Waals surface area contributed by atoms with Crippen LogP contribution in [-0.2, 0) is 25.6 Å². The van der Waals surface area contributed by atoms with Crippen LogP contribution < -0.4 is 21.3 Å². The highest BCUT2D eigenvalue weighted by Gasteiger charge is 2.30. The number of phenolic OH excluding ortho intramolecular Hbond substituents is 1. The molecule has 1 aliphatic heterocycles. The maximum Gasteiger partial charge on any atom is 0.327 e. The maximum atomic E-state index is 12.9. The molecule has 0 saturated carbocycles. The van der Waals surface area contributed by atoms with E-state index in [1.54, 1.807) is 12.1 Å². The van der Waals surface area contributed by atoms with Crippen molar-refractivity contribution >= 4 is 36.3 Å². The standard InChI is InChI=1S/C20H28N4O6S/c1-11(17(26)24-16(10-31)20(29)30)22-19(28)15(9-12-4-6-13(25)7-5-12)23-18(27)14-3-2-8-21-14/h4-7,11,14-16,21,25,31H,2-3,8-10H2,1H3,(H,22,28)(H,23,27)(H,24,26)(H,29,30). The third-order valence-corrected chi connectivity index (χ3v) is 5.30. The first kappa shape index (κ1) is 24.5. The Hall–Kier alpha value is -2.79. The van der Waals surface area contributed by atoms with Gasteiger partial charge in [0.25, 0.3) is 0 Å². The molecular formula is C20H28N4O6S. The van der Waals surface area contributed by atoms with Crippen molar-refractivity contribution in [3.8, 4) is 5.75 Å². The molecule has 11 heteroatoms. The summed E-state index contributed by atoms with van der Waals surface area (Å²) in [5.74, 6) is -2.83. The minimum atomic E-state index is -1.23. The van der Waals surface area contributed by atoms with Gasteiger partial charge in [-0.15, -0.1) is 0 Å². The van der Waals surface area contributed by atoms with Gasteiger partial charge in [-0.3, -0.25) is 14.4 Å². The summed E-state index contributed by atoms with van der Waals surface area (Å²) in [4.78, 5) is 48.7. The molecule has 4 unspecified atom stereocenters. The summed E-state index contributed by atoms with van der Waals surface area (Å²) in [6.07, 6.45) is 1.67. The molecule has 1 aromatic rings. The summed E-state index contributed by atoms with van der Waals surface area (Å²) in [5.41, 5.74) is 0.704. The van der Waals surface area contributed by atoms with Crippen molar-refractivity contribution in [2.45, 2.75) is 50.4 Å². The lowest BCUT2D eigenvalue weighted by Gasteiger charge is -2.23. The average Bonchev–Trinajstić information content (AvgIpc) is 3.27. The van der Waals surface area contributed by atoms with Gasteiger partial charge in [-0.05, 0) is 44.0 Å². The fourth-order valence-electron chi connectivity index (χ4n) is 3.12. The van der Waals surface area contributed by atoms with Gasteiger partial charge >= 0.3 is 5.97 Å². The Bertz CT molecular complexity index is 797. The van der Waals surface area contributed by atoms with Crippen molar-refractivity contribution in [2.24, 2.45) is 0 Å². The summed E-state index contributed by atoms with van der Waals surface area (Å²) >= 11 is 3.89. The van der Waals surface area contributed by atoms with Crippen LogP contribution in [-0.4, -0.2) is 70.4 Å². The zero-order valence-corrected chi connectivity index (χ0v) is 18.0. The van der Waals surface area contributed by atoms with Crippen LogP contribution in [0.5, 0.6) is 5.75 Å². The first-order valence-corrected chi connectivity index (χ1v) is 10.6. The molecule has 170 valence electrons. The predicted molar refractivity (Wildman–Crippen MR) is 116 cm³/mol. The van der Waals surface area contributed by atoms with E-state index >= 15 is 0 Å². The van der Waals surface area contributed by atoms with Crippen molar-refractivity contribution in [3.05, 3.63) is 29.8 Å². The molecule has 4 atom stereocenters. The fourth-order valence-corrected chi connectivity index (χ4v) is 3.37. The molecule has 0 spiro atoms. The maximum absolute atomic E-state index is 12.9. The number of carbonyl (C=O) groups excluding carboxylic acids is 3. The van der Waals surface area contributed by atoms with Crippen molar-refractivity contribution in [1.29, 1.82) is 0 Å². The third-order valence-electron chi connectivity index (χ3n) is 4.94. The monoisotopic (exact) mass is 452 g/mol. The fraction of sp³-hybridized carbons (Fsp3) is 0.500. The number of carboxylic acid groups (broad SMARTS) is 1. The highest BCUT2D eigenvalue weighted by atomic mass is 32.1. The van der Waals surface area contributed by atoms with E-state index in [0.717, 1.165) is 13.0 Å². The number of amides is 3. The topological polar surface area (TPSA) is 157 Å². The van der Waals surface area contributed by atoms with Crippen LogP contribution in [0.1, 0.15) is 25.3 Å². The number of aromatic hydroxyl groups is 1. The quantitative estimate of drug-likeness (QED) is 0.229. The van der Waals surface area contributed by atoms with Gasteiger partial charge in [0.15, 0.2) is 0 Å². The summed E-state index contributed by atoms with van der Waals surface area (Å²) in [6, 6.07) is 2.66. The Morgan fingerprint density at radius 2 is 1.77 bits per heavy atom. The number of rotatable bonds is 10. The van der Waals surface area contributed by atoms with Gasteiger partial charge in [-0.2, -0.15) is 12.6 Å². The van der Waals surface area contributed by atoms with Crippen LogP contribution in [0.2, 0.25) is 0 Å².